The highest BCUT2D eigenvalue weighted by Crippen LogP contribution is 2.23. The molecule has 2 heterocycles. The first kappa shape index (κ1) is 19.0. The van der Waals surface area contributed by atoms with Gasteiger partial charge in [-0.15, -0.1) is 0 Å². The van der Waals surface area contributed by atoms with Crippen molar-refractivity contribution in [2.75, 3.05) is 46.3 Å². The highest BCUT2D eigenvalue weighted by Gasteiger charge is 2.28. The Balaban J connectivity index is 1.30. The molecular weight excluding hydrogens is 350 g/mol. The minimum atomic E-state index is 0.128. The van der Waals surface area contributed by atoms with Crippen LogP contribution in [0.1, 0.15) is 23.2 Å². The molecule has 5 heteroatoms. The lowest BCUT2D eigenvalue weighted by Gasteiger charge is -2.42. The lowest BCUT2D eigenvalue weighted by atomic mass is 10.0. The van der Waals surface area contributed by atoms with Crippen molar-refractivity contribution in [3.63, 3.8) is 0 Å². The van der Waals surface area contributed by atoms with E-state index in [1.54, 1.807) is 0 Å². The molecule has 28 heavy (non-hydrogen) atoms. The second-order valence-electron chi connectivity index (χ2n) is 7.80. The summed E-state index contributed by atoms with van der Waals surface area (Å²) in [6.07, 6.45) is 2.15. The Bertz CT molecular complexity index is 762. The molecule has 2 saturated heterocycles. The molecule has 1 amide bonds. The molecule has 0 saturated carbocycles. The van der Waals surface area contributed by atoms with Crippen LogP contribution in [0.3, 0.4) is 0 Å². The Morgan fingerprint density at radius 1 is 0.821 bits per heavy atom. The third-order valence-electron chi connectivity index (χ3n) is 5.89. The van der Waals surface area contributed by atoms with Crippen molar-refractivity contribution in [3.05, 3.63) is 60.2 Å². The molecule has 4 rings (SSSR count). The predicted molar refractivity (Wildman–Crippen MR) is 111 cm³/mol. The molecule has 0 bridgehead atoms. The number of carbonyl (C=O) groups excluding carboxylic acids is 1. The van der Waals surface area contributed by atoms with Crippen molar-refractivity contribution in [1.82, 2.24) is 14.7 Å². The van der Waals surface area contributed by atoms with E-state index < -0.39 is 0 Å². The molecule has 0 spiro atoms. The van der Waals surface area contributed by atoms with Gasteiger partial charge in [0.1, 0.15) is 11.5 Å². The van der Waals surface area contributed by atoms with E-state index in [4.69, 9.17) is 4.74 Å². The molecule has 2 aromatic rings. The lowest BCUT2D eigenvalue weighted by Crippen LogP contribution is -2.52. The topological polar surface area (TPSA) is 36.0 Å². The van der Waals surface area contributed by atoms with Crippen LogP contribution in [0.2, 0.25) is 0 Å². The molecule has 2 aliphatic heterocycles. The zero-order chi connectivity index (χ0) is 19.3. The Kier molecular flexibility index (Phi) is 5.93. The summed E-state index contributed by atoms with van der Waals surface area (Å²) in [5, 5.41) is 0. The van der Waals surface area contributed by atoms with Gasteiger partial charge in [-0.05, 0) is 56.3 Å². The van der Waals surface area contributed by atoms with Crippen molar-refractivity contribution in [1.29, 1.82) is 0 Å². The van der Waals surface area contributed by atoms with Crippen LogP contribution in [0, 0.1) is 0 Å². The van der Waals surface area contributed by atoms with Crippen LogP contribution in [0.15, 0.2) is 54.6 Å². The number of hydrogen-bond acceptors (Lipinski definition) is 4. The van der Waals surface area contributed by atoms with Crippen molar-refractivity contribution in [2.45, 2.75) is 18.9 Å². The quantitative estimate of drug-likeness (QED) is 0.816. The van der Waals surface area contributed by atoms with E-state index in [1.165, 1.54) is 0 Å². The molecule has 0 atom stereocenters. The molecule has 2 fully saturated rings. The summed E-state index contributed by atoms with van der Waals surface area (Å²) in [5.74, 6) is 1.67. The van der Waals surface area contributed by atoms with Crippen LogP contribution in [-0.2, 0) is 0 Å². The highest BCUT2D eigenvalue weighted by molar-refractivity contribution is 5.94. The number of para-hydroxylation sites is 1. The van der Waals surface area contributed by atoms with Gasteiger partial charge in [-0.25, -0.2) is 0 Å². The van der Waals surface area contributed by atoms with Gasteiger partial charge in [0.15, 0.2) is 0 Å². The fourth-order valence-corrected chi connectivity index (χ4v) is 4.09. The summed E-state index contributed by atoms with van der Waals surface area (Å²) >= 11 is 0. The second kappa shape index (κ2) is 8.76. The number of hydrogen-bond donors (Lipinski definition) is 0. The molecule has 0 aliphatic carbocycles. The molecule has 0 N–H and O–H groups in total. The zero-order valence-corrected chi connectivity index (χ0v) is 16.6. The minimum Gasteiger partial charge on any atom is -0.457 e. The van der Waals surface area contributed by atoms with Crippen molar-refractivity contribution in [2.24, 2.45) is 0 Å². The van der Waals surface area contributed by atoms with Gasteiger partial charge < -0.3 is 14.5 Å². The fourth-order valence-electron chi connectivity index (χ4n) is 4.09. The number of nitrogens with zero attached hydrogens (tertiary/aromatic N) is 3. The van der Waals surface area contributed by atoms with Gasteiger partial charge in [0, 0.05) is 50.9 Å². The first-order valence-electron chi connectivity index (χ1n) is 10.2. The number of piperidine rings is 1. The largest absolute Gasteiger partial charge is 0.457 e. The molecule has 2 aromatic carbocycles. The van der Waals surface area contributed by atoms with E-state index in [-0.39, 0.29) is 5.91 Å². The lowest BCUT2D eigenvalue weighted by molar-refractivity contribution is 0.0519. The van der Waals surface area contributed by atoms with Crippen molar-refractivity contribution >= 4 is 5.91 Å². The normalized spacial score (nSPS) is 19.5. The molecule has 0 aromatic heterocycles. The average molecular weight is 380 g/mol. The smallest absolute Gasteiger partial charge is 0.253 e. The van der Waals surface area contributed by atoms with E-state index >= 15 is 0 Å². The number of amides is 1. The summed E-state index contributed by atoms with van der Waals surface area (Å²) in [5.41, 5.74) is 0.735. The maximum absolute atomic E-state index is 12.9. The van der Waals surface area contributed by atoms with Crippen LogP contribution < -0.4 is 4.74 Å². The van der Waals surface area contributed by atoms with E-state index in [1.807, 2.05) is 59.5 Å². The number of piperazine rings is 1. The summed E-state index contributed by atoms with van der Waals surface area (Å²) in [4.78, 5) is 19.9. The maximum atomic E-state index is 12.9. The van der Waals surface area contributed by atoms with E-state index in [9.17, 15) is 4.79 Å². The van der Waals surface area contributed by atoms with Crippen LogP contribution in [-0.4, -0.2) is 73.0 Å². The molecule has 0 unspecified atom stereocenters. The summed E-state index contributed by atoms with van der Waals surface area (Å²) in [6, 6.07) is 17.8. The Hall–Kier alpha value is -2.37. The molecule has 0 radical (unpaired) electrons. The SMILES string of the molecule is CN1CCN(C2CCN(C(=O)c3ccc(Oc4ccccc4)cc3)CC2)CC1. The first-order valence-corrected chi connectivity index (χ1v) is 10.2. The van der Waals surface area contributed by atoms with Crippen molar-refractivity contribution < 1.29 is 9.53 Å². The van der Waals surface area contributed by atoms with Gasteiger partial charge in [0.25, 0.3) is 5.91 Å². The van der Waals surface area contributed by atoms with Gasteiger partial charge in [-0.1, -0.05) is 18.2 Å². The number of ether oxygens (including phenoxy) is 1. The monoisotopic (exact) mass is 379 g/mol. The second-order valence-corrected chi connectivity index (χ2v) is 7.80. The van der Waals surface area contributed by atoms with E-state index in [0.29, 0.717) is 6.04 Å². The third kappa shape index (κ3) is 4.54. The van der Waals surface area contributed by atoms with Gasteiger partial charge in [-0.3, -0.25) is 9.69 Å². The van der Waals surface area contributed by atoms with E-state index in [2.05, 4.69) is 16.8 Å². The predicted octanol–water partition coefficient (Wildman–Crippen LogP) is 3.33. The standard InChI is InChI=1S/C23H29N3O2/c1-24-15-17-25(18-16-24)20-11-13-26(14-12-20)23(27)19-7-9-22(10-8-19)28-21-5-3-2-4-6-21/h2-10,20H,11-18H2,1H3. The molecule has 5 nitrogen and oxygen atoms in total. The average Bonchev–Trinajstić information content (AvgIpc) is 2.75. The highest BCUT2D eigenvalue weighted by atomic mass is 16.5. The van der Waals surface area contributed by atoms with Gasteiger partial charge in [0.2, 0.25) is 0 Å². The number of likely N-dealkylation sites (tertiary alicyclic amines) is 1. The molecule has 2 aliphatic rings. The van der Waals surface area contributed by atoms with Crippen molar-refractivity contribution in [3.8, 4) is 11.5 Å². The van der Waals surface area contributed by atoms with Crippen LogP contribution >= 0.6 is 0 Å². The number of rotatable bonds is 4. The van der Waals surface area contributed by atoms with Crippen LogP contribution in [0.4, 0.5) is 0 Å². The van der Waals surface area contributed by atoms with E-state index in [0.717, 1.165) is 69.2 Å². The summed E-state index contributed by atoms with van der Waals surface area (Å²) in [6.45, 7) is 6.29. The fraction of sp³-hybridized carbons (Fsp3) is 0.435. The summed E-state index contributed by atoms with van der Waals surface area (Å²) < 4.78 is 5.81. The van der Waals surface area contributed by atoms with Crippen LogP contribution in [0.5, 0.6) is 11.5 Å². The maximum Gasteiger partial charge on any atom is 0.253 e. The van der Waals surface area contributed by atoms with Gasteiger partial charge in [0.05, 0.1) is 0 Å². The van der Waals surface area contributed by atoms with Crippen LogP contribution in [0.25, 0.3) is 0 Å². The minimum absolute atomic E-state index is 0.128. The molecular formula is C23H29N3O2. The zero-order valence-electron chi connectivity index (χ0n) is 16.6. The number of benzene rings is 2. The third-order valence-corrected chi connectivity index (χ3v) is 5.89. The van der Waals surface area contributed by atoms with Gasteiger partial charge >= 0.3 is 0 Å². The summed E-state index contributed by atoms with van der Waals surface area (Å²) in [7, 11) is 2.19. The molecule has 148 valence electrons. The van der Waals surface area contributed by atoms with Gasteiger partial charge in [-0.2, -0.15) is 0 Å². The Morgan fingerprint density at radius 3 is 2.07 bits per heavy atom. The Labute approximate surface area is 167 Å². The number of likely N-dealkylation sites (N-methyl/N-ethyl adjacent to an activating group) is 1. The number of carbonyl (C=O) groups is 1. The Morgan fingerprint density at radius 2 is 1.43 bits per heavy atom. The first-order chi connectivity index (χ1) is 13.7.